The predicted molar refractivity (Wildman–Crippen MR) is 44.0 cm³/mol. The van der Waals surface area contributed by atoms with Crippen LogP contribution in [0.4, 0.5) is 5.95 Å². The standard InChI is InChI=1S/C8H7N3O/c9-8-10-5-4-7(11-8)3-1-2-6-12/h4-6H,2H2,(H2,9,10,11). The van der Waals surface area contributed by atoms with Gasteiger partial charge in [0.15, 0.2) is 0 Å². The van der Waals surface area contributed by atoms with Crippen LogP contribution in [0.25, 0.3) is 0 Å². The molecule has 12 heavy (non-hydrogen) atoms. The lowest BCUT2D eigenvalue weighted by atomic mass is 10.4. The molecule has 0 fully saturated rings. The van der Waals surface area contributed by atoms with Gasteiger partial charge >= 0.3 is 0 Å². The highest BCUT2D eigenvalue weighted by Crippen LogP contribution is 1.93. The van der Waals surface area contributed by atoms with E-state index in [1.807, 2.05) is 0 Å². The van der Waals surface area contributed by atoms with Gasteiger partial charge in [0.1, 0.15) is 12.0 Å². The number of hydrogen-bond donors (Lipinski definition) is 1. The number of anilines is 1. The van der Waals surface area contributed by atoms with Gasteiger partial charge in [-0.2, -0.15) is 0 Å². The molecule has 1 rings (SSSR count). The van der Waals surface area contributed by atoms with Crippen molar-refractivity contribution in [2.45, 2.75) is 6.42 Å². The van der Waals surface area contributed by atoms with E-state index in [2.05, 4.69) is 21.8 Å². The number of nitrogens with two attached hydrogens (primary N) is 1. The van der Waals surface area contributed by atoms with Gasteiger partial charge in [-0.25, -0.2) is 9.97 Å². The maximum absolute atomic E-state index is 9.90. The zero-order chi connectivity index (χ0) is 8.81. The second kappa shape index (κ2) is 4.09. The van der Waals surface area contributed by atoms with E-state index < -0.39 is 0 Å². The van der Waals surface area contributed by atoms with E-state index in [0.29, 0.717) is 5.69 Å². The Morgan fingerprint density at radius 3 is 3.17 bits per heavy atom. The molecule has 0 amide bonds. The average molecular weight is 161 g/mol. The van der Waals surface area contributed by atoms with Crippen LogP contribution in [0.3, 0.4) is 0 Å². The molecule has 0 spiro atoms. The first-order chi connectivity index (χ1) is 5.83. The van der Waals surface area contributed by atoms with Crippen LogP contribution in [0, 0.1) is 11.8 Å². The summed E-state index contributed by atoms with van der Waals surface area (Å²) in [5.74, 6) is 5.48. The van der Waals surface area contributed by atoms with Gasteiger partial charge in [0.05, 0.1) is 6.42 Å². The monoisotopic (exact) mass is 161 g/mol. The van der Waals surface area contributed by atoms with Gasteiger partial charge in [-0.15, -0.1) is 0 Å². The minimum atomic E-state index is 0.188. The molecule has 0 bridgehead atoms. The Labute approximate surface area is 69.8 Å². The number of nitrogens with zero attached hydrogens (tertiary/aromatic N) is 2. The first-order valence-corrected chi connectivity index (χ1v) is 3.34. The van der Waals surface area contributed by atoms with Crippen LogP contribution < -0.4 is 5.73 Å². The van der Waals surface area contributed by atoms with Gasteiger partial charge in [0.2, 0.25) is 5.95 Å². The second-order valence-electron chi connectivity index (χ2n) is 1.97. The first kappa shape index (κ1) is 8.21. The molecule has 0 unspecified atom stereocenters. The lowest BCUT2D eigenvalue weighted by Gasteiger charge is -1.89. The minimum Gasteiger partial charge on any atom is -0.368 e. The molecule has 0 saturated carbocycles. The van der Waals surface area contributed by atoms with Crippen molar-refractivity contribution in [3.8, 4) is 11.8 Å². The van der Waals surface area contributed by atoms with Crippen LogP contribution in [-0.2, 0) is 4.79 Å². The van der Waals surface area contributed by atoms with Gasteiger partial charge in [-0.05, 0) is 12.0 Å². The molecule has 0 atom stereocenters. The Hall–Kier alpha value is -1.89. The number of aldehydes is 1. The van der Waals surface area contributed by atoms with Crippen molar-refractivity contribution in [2.75, 3.05) is 5.73 Å². The summed E-state index contributed by atoms with van der Waals surface area (Å²) in [6, 6.07) is 1.63. The van der Waals surface area contributed by atoms with E-state index in [4.69, 9.17) is 5.73 Å². The van der Waals surface area contributed by atoms with Crippen LogP contribution in [0.2, 0.25) is 0 Å². The molecule has 1 aromatic heterocycles. The van der Waals surface area contributed by atoms with Crippen molar-refractivity contribution in [1.29, 1.82) is 0 Å². The van der Waals surface area contributed by atoms with Crippen LogP contribution in [0.5, 0.6) is 0 Å². The number of rotatable bonds is 1. The second-order valence-corrected chi connectivity index (χ2v) is 1.97. The molecule has 0 radical (unpaired) electrons. The topological polar surface area (TPSA) is 68.9 Å². The molecule has 2 N–H and O–H groups in total. The number of hydrogen-bond acceptors (Lipinski definition) is 4. The van der Waals surface area contributed by atoms with Crippen molar-refractivity contribution in [2.24, 2.45) is 0 Å². The van der Waals surface area contributed by atoms with Crippen LogP contribution in [0.1, 0.15) is 12.1 Å². The Balaban J connectivity index is 2.77. The van der Waals surface area contributed by atoms with Crippen molar-refractivity contribution in [3.05, 3.63) is 18.0 Å². The van der Waals surface area contributed by atoms with Crippen LogP contribution in [-0.4, -0.2) is 16.3 Å². The number of aromatic nitrogens is 2. The first-order valence-electron chi connectivity index (χ1n) is 3.34. The summed E-state index contributed by atoms with van der Waals surface area (Å²) >= 11 is 0. The zero-order valence-corrected chi connectivity index (χ0v) is 6.32. The van der Waals surface area contributed by atoms with E-state index in [1.54, 1.807) is 6.07 Å². The molecular weight excluding hydrogens is 154 g/mol. The lowest BCUT2D eigenvalue weighted by molar-refractivity contribution is -0.107. The maximum Gasteiger partial charge on any atom is 0.221 e. The van der Waals surface area contributed by atoms with E-state index in [9.17, 15) is 4.79 Å². The van der Waals surface area contributed by atoms with Crippen molar-refractivity contribution in [3.63, 3.8) is 0 Å². The third kappa shape index (κ3) is 2.39. The Morgan fingerprint density at radius 1 is 1.67 bits per heavy atom. The third-order valence-corrected chi connectivity index (χ3v) is 1.08. The van der Waals surface area contributed by atoms with Gasteiger partial charge in [0.25, 0.3) is 0 Å². The molecule has 1 aromatic rings. The summed E-state index contributed by atoms with van der Waals surface area (Å²) in [6.07, 6.45) is 2.47. The van der Waals surface area contributed by atoms with Crippen molar-refractivity contribution >= 4 is 12.2 Å². The molecule has 0 aromatic carbocycles. The van der Waals surface area contributed by atoms with Gasteiger partial charge < -0.3 is 10.5 Å². The van der Waals surface area contributed by atoms with Crippen LogP contribution >= 0.6 is 0 Å². The molecule has 0 aliphatic carbocycles. The van der Waals surface area contributed by atoms with Crippen LogP contribution in [0.15, 0.2) is 12.3 Å². The maximum atomic E-state index is 9.90. The minimum absolute atomic E-state index is 0.188. The quantitative estimate of drug-likeness (QED) is 0.465. The van der Waals surface area contributed by atoms with E-state index >= 15 is 0 Å². The van der Waals surface area contributed by atoms with Crippen molar-refractivity contribution in [1.82, 2.24) is 9.97 Å². The summed E-state index contributed by atoms with van der Waals surface area (Å²) in [4.78, 5) is 17.4. The predicted octanol–water partition coefficient (Wildman–Crippen LogP) is -0.000700. The van der Waals surface area contributed by atoms with E-state index in [0.717, 1.165) is 6.29 Å². The highest BCUT2D eigenvalue weighted by atomic mass is 16.1. The molecule has 1 heterocycles. The summed E-state index contributed by atoms with van der Waals surface area (Å²) in [6.45, 7) is 0. The SMILES string of the molecule is Nc1nccc(C#CCC=O)n1. The molecule has 0 aliphatic rings. The Kier molecular flexibility index (Phi) is 2.79. The smallest absolute Gasteiger partial charge is 0.221 e. The number of carbonyl (C=O) groups excluding carboxylic acids is 1. The van der Waals surface area contributed by atoms with Gasteiger partial charge in [0, 0.05) is 6.20 Å². The van der Waals surface area contributed by atoms with E-state index in [-0.39, 0.29) is 12.4 Å². The van der Waals surface area contributed by atoms with Gasteiger partial charge in [-0.1, -0.05) is 5.92 Å². The third-order valence-electron chi connectivity index (χ3n) is 1.08. The fourth-order valence-corrected chi connectivity index (χ4v) is 0.627. The Bertz CT molecular complexity index is 338. The van der Waals surface area contributed by atoms with Gasteiger partial charge in [-0.3, -0.25) is 0 Å². The summed E-state index contributed by atoms with van der Waals surface area (Å²) in [5.41, 5.74) is 5.84. The summed E-state index contributed by atoms with van der Waals surface area (Å²) in [5, 5.41) is 0. The highest BCUT2D eigenvalue weighted by molar-refractivity contribution is 5.54. The summed E-state index contributed by atoms with van der Waals surface area (Å²) < 4.78 is 0. The van der Waals surface area contributed by atoms with E-state index in [1.165, 1.54) is 6.20 Å². The van der Waals surface area contributed by atoms with Crippen molar-refractivity contribution < 1.29 is 4.79 Å². The molecular formula is C8H7N3O. The average Bonchev–Trinajstić information content (AvgIpc) is 2.05. The number of nitrogen functional groups attached to an aromatic ring is 1. The Morgan fingerprint density at radius 2 is 2.50 bits per heavy atom. The lowest BCUT2D eigenvalue weighted by Crippen LogP contribution is -1.94. The molecule has 0 aliphatic heterocycles. The largest absolute Gasteiger partial charge is 0.368 e. The fourth-order valence-electron chi connectivity index (χ4n) is 0.627. The fraction of sp³-hybridized carbons (Fsp3) is 0.125. The molecule has 0 saturated heterocycles. The molecule has 4 heteroatoms. The summed E-state index contributed by atoms with van der Waals surface area (Å²) in [7, 11) is 0. The number of carbonyl (C=O) groups is 1. The molecule has 60 valence electrons. The molecule has 4 nitrogen and oxygen atoms in total. The highest BCUT2D eigenvalue weighted by Gasteiger charge is 1.88. The normalized spacial score (nSPS) is 8.33. The zero-order valence-electron chi connectivity index (χ0n) is 6.32.